The van der Waals surface area contributed by atoms with Gasteiger partial charge in [-0.1, -0.05) is 20.8 Å². The number of pyridine rings is 1. The maximum absolute atomic E-state index is 6.09. The number of aromatic nitrogens is 1. The molecule has 0 saturated heterocycles. The van der Waals surface area contributed by atoms with Crippen molar-refractivity contribution in [3.63, 3.8) is 0 Å². The molecule has 3 nitrogen and oxygen atoms in total. The van der Waals surface area contributed by atoms with Gasteiger partial charge in [0.2, 0.25) is 0 Å². The Labute approximate surface area is 99.2 Å². The standard InChI is InChI=1S/C12H22N2OSi/c1-12(2,3)16(4,5)15-9-10-6-7-14-11(13)8-10/h6-8H,9H2,1-5H3,(H2,13,14). The van der Waals surface area contributed by atoms with Crippen LogP contribution < -0.4 is 5.73 Å². The van der Waals surface area contributed by atoms with Crippen molar-refractivity contribution in [2.75, 3.05) is 5.73 Å². The summed E-state index contributed by atoms with van der Waals surface area (Å²) in [5, 5.41) is 0.242. The topological polar surface area (TPSA) is 48.1 Å². The lowest BCUT2D eigenvalue weighted by Crippen LogP contribution is -2.40. The number of nitrogen functional groups attached to an aromatic ring is 1. The molecule has 90 valence electrons. The van der Waals surface area contributed by atoms with Crippen molar-refractivity contribution in [2.24, 2.45) is 0 Å². The third-order valence-corrected chi connectivity index (χ3v) is 7.73. The molecule has 0 radical (unpaired) electrons. The van der Waals surface area contributed by atoms with Gasteiger partial charge in [0.1, 0.15) is 5.82 Å². The van der Waals surface area contributed by atoms with E-state index in [1.54, 1.807) is 6.20 Å². The van der Waals surface area contributed by atoms with Crippen LogP contribution in [0.2, 0.25) is 18.1 Å². The summed E-state index contributed by atoms with van der Waals surface area (Å²) in [7, 11) is -1.67. The van der Waals surface area contributed by atoms with Crippen molar-refractivity contribution in [2.45, 2.75) is 45.5 Å². The molecule has 4 heteroatoms. The first-order chi connectivity index (χ1) is 7.22. The Hall–Kier alpha value is -0.873. The van der Waals surface area contributed by atoms with E-state index in [0.29, 0.717) is 12.4 Å². The van der Waals surface area contributed by atoms with E-state index in [4.69, 9.17) is 10.2 Å². The van der Waals surface area contributed by atoms with E-state index in [-0.39, 0.29) is 5.04 Å². The minimum absolute atomic E-state index is 0.242. The van der Waals surface area contributed by atoms with Crippen molar-refractivity contribution in [1.29, 1.82) is 0 Å². The Bertz CT molecular complexity index is 358. The maximum Gasteiger partial charge on any atom is 0.192 e. The van der Waals surface area contributed by atoms with E-state index in [1.807, 2.05) is 12.1 Å². The Morgan fingerprint density at radius 1 is 1.38 bits per heavy atom. The van der Waals surface area contributed by atoms with E-state index in [9.17, 15) is 0 Å². The van der Waals surface area contributed by atoms with Crippen molar-refractivity contribution in [1.82, 2.24) is 4.98 Å². The van der Waals surface area contributed by atoms with Crippen LogP contribution in [0.5, 0.6) is 0 Å². The largest absolute Gasteiger partial charge is 0.413 e. The van der Waals surface area contributed by atoms with Gasteiger partial charge in [0.25, 0.3) is 0 Å². The van der Waals surface area contributed by atoms with Gasteiger partial charge in [-0.25, -0.2) is 4.98 Å². The summed E-state index contributed by atoms with van der Waals surface area (Å²) in [5.41, 5.74) is 6.72. The number of nitrogens with zero attached hydrogens (tertiary/aromatic N) is 1. The lowest BCUT2D eigenvalue weighted by molar-refractivity contribution is 0.276. The highest BCUT2D eigenvalue weighted by Gasteiger charge is 2.36. The van der Waals surface area contributed by atoms with Gasteiger partial charge >= 0.3 is 0 Å². The summed E-state index contributed by atoms with van der Waals surface area (Å²) in [6, 6.07) is 3.82. The predicted molar refractivity (Wildman–Crippen MR) is 70.6 cm³/mol. The normalized spacial score (nSPS) is 12.8. The van der Waals surface area contributed by atoms with Crippen LogP contribution in [-0.4, -0.2) is 13.3 Å². The Morgan fingerprint density at radius 2 is 2.00 bits per heavy atom. The Balaban J connectivity index is 2.65. The summed E-state index contributed by atoms with van der Waals surface area (Å²) in [4.78, 5) is 3.97. The highest BCUT2D eigenvalue weighted by Crippen LogP contribution is 2.37. The molecule has 0 bridgehead atoms. The molecule has 16 heavy (non-hydrogen) atoms. The molecular formula is C12H22N2OSi. The van der Waals surface area contributed by atoms with Crippen LogP contribution in [0.3, 0.4) is 0 Å². The lowest BCUT2D eigenvalue weighted by Gasteiger charge is -2.36. The van der Waals surface area contributed by atoms with Gasteiger partial charge < -0.3 is 10.2 Å². The number of anilines is 1. The highest BCUT2D eigenvalue weighted by atomic mass is 28.4. The van der Waals surface area contributed by atoms with E-state index in [2.05, 4.69) is 38.8 Å². The van der Waals surface area contributed by atoms with Crippen molar-refractivity contribution < 1.29 is 4.43 Å². The summed E-state index contributed by atoms with van der Waals surface area (Å²) < 4.78 is 6.09. The minimum Gasteiger partial charge on any atom is -0.413 e. The lowest BCUT2D eigenvalue weighted by atomic mass is 10.2. The average molecular weight is 238 g/mol. The minimum atomic E-state index is -1.67. The summed E-state index contributed by atoms with van der Waals surface area (Å²) in [6.07, 6.45) is 1.72. The molecule has 0 aromatic carbocycles. The SMILES string of the molecule is CC(C)(C)[Si](C)(C)OCc1ccnc(N)c1. The molecule has 0 unspecified atom stereocenters. The fourth-order valence-corrected chi connectivity index (χ4v) is 2.02. The third-order valence-electron chi connectivity index (χ3n) is 3.25. The first-order valence-electron chi connectivity index (χ1n) is 5.57. The molecule has 0 saturated carbocycles. The number of rotatable bonds is 3. The van der Waals surface area contributed by atoms with Gasteiger partial charge in [-0.2, -0.15) is 0 Å². The highest BCUT2D eigenvalue weighted by molar-refractivity contribution is 6.74. The second-order valence-corrected chi connectivity index (χ2v) is 10.4. The molecule has 0 aliphatic carbocycles. The van der Waals surface area contributed by atoms with Crippen molar-refractivity contribution in [3.05, 3.63) is 23.9 Å². The van der Waals surface area contributed by atoms with Crippen LogP contribution in [0.15, 0.2) is 18.3 Å². The summed E-state index contributed by atoms with van der Waals surface area (Å²) >= 11 is 0. The van der Waals surface area contributed by atoms with Gasteiger partial charge in [-0.3, -0.25) is 0 Å². The van der Waals surface area contributed by atoms with Crippen LogP contribution in [0, 0.1) is 0 Å². The molecule has 1 aromatic rings. The molecule has 0 atom stereocenters. The first kappa shape index (κ1) is 13.2. The molecule has 0 spiro atoms. The van der Waals surface area contributed by atoms with Crippen LogP contribution in [-0.2, 0) is 11.0 Å². The second-order valence-electron chi connectivity index (χ2n) is 5.64. The molecule has 0 aliphatic rings. The zero-order valence-corrected chi connectivity index (χ0v) is 11.9. The molecule has 1 aromatic heterocycles. The van der Waals surface area contributed by atoms with E-state index >= 15 is 0 Å². The number of nitrogens with two attached hydrogens (primary N) is 1. The fraction of sp³-hybridized carbons (Fsp3) is 0.583. The van der Waals surface area contributed by atoms with Crippen LogP contribution in [0.1, 0.15) is 26.3 Å². The molecule has 1 rings (SSSR count). The van der Waals surface area contributed by atoms with E-state index in [1.165, 1.54) is 0 Å². The molecule has 0 aliphatic heterocycles. The monoisotopic (exact) mass is 238 g/mol. The van der Waals surface area contributed by atoms with Crippen molar-refractivity contribution >= 4 is 14.1 Å². The maximum atomic E-state index is 6.09. The van der Waals surface area contributed by atoms with Crippen LogP contribution in [0.4, 0.5) is 5.82 Å². The third kappa shape index (κ3) is 3.32. The van der Waals surface area contributed by atoms with Gasteiger partial charge in [0, 0.05) is 6.20 Å². The van der Waals surface area contributed by atoms with Gasteiger partial charge in [0.05, 0.1) is 6.61 Å². The van der Waals surface area contributed by atoms with Gasteiger partial charge in [-0.15, -0.1) is 0 Å². The smallest absolute Gasteiger partial charge is 0.192 e. The van der Waals surface area contributed by atoms with Crippen LogP contribution >= 0.6 is 0 Å². The predicted octanol–water partition coefficient (Wildman–Crippen LogP) is 3.19. The average Bonchev–Trinajstić information content (AvgIpc) is 2.13. The summed E-state index contributed by atoms with van der Waals surface area (Å²) in [6.45, 7) is 11.8. The van der Waals surface area contributed by atoms with E-state index < -0.39 is 8.32 Å². The molecule has 2 N–H and O–H groups in total. The number of hydrogen-bond donors (Lipinski definition) is 1. The summed E-state index contributed by atoms with van der Waals surface area (Å²) in [5.74, 6) is 0.552. The fourth-order valence-electron chi connectivity index (χ4n) is 1.06. The molecular weight excluding hydrogens is 216 g/mol. The number of hydrogen-bond acceptors (Lipinski definition) is 3. The Kier molecular flexibility index (Phi) is 3.75. The first-order valence-corrected chi connectivity index (χ1v) is 8.47. The quantitative estimate of drug-likeness (QED) is 0.823. The van der Waals surface area contributed by atoms with Gasteiger partial charge in [-0.05, 0) is 35.8 Å². The molecule has 0 fully saturated rings. The van der Waals surface area contributed by atoms with Crippen molar-refractivity contribution in [3.8, 4) is 0 Å². The van der Waals surface area contributed by atoms with Gasteiger partial charge in [0.15, 0.2) is 8.32 Å². The zero-order chi connectivity index (χ0) is 12.4. The zero-order valence-electron chi connectivity index (χ0n) is 10.9. The van der Waals surface area contributed by atoms with E-state index in [0.717, 1.165) is 5.56 Å². The molecule has 1 heterocycles. The van der Waals surface area contributed by atoms with Crippen LogP contribution in [0.25, 0.3) is 0 Å². The Morgan fingerprint density at radius 3 is 2.50 bits per heavy atom. The molecule has 0 amide bonds. The second kappa shape index (κ2) is 4.55.